The molecule has 0 saturated heterocycles. The molecule has 0 unspecified atom stereocenters. The number of halogens is 1. The molecule has 0 aliphatic rings. The first kappa shape index (κ1) is 17.8. The zero-order valence-electron chi connectivity index (χ0n) is 12.7. The van der Waals surface area contributed by atoms with Crippen molar-refractivity contribution in [2.45, 2.75) is 13.5 Å². The largest absolute Gasteiger partial charge is 0.462 e. The van der Waals surface area contributed by atoms with E-state index in [1.165, 1.54) is 12.1 Å². The van der Waals surface area contributed by atoms with Crippen molar-refractivity contribution >= 4 is 39.9 Å². The number of nitrogen functional groups attached to an aromatic ring is 1. The highest BCUT2D eigenvalue weighted by Gasteiger charge is 2.24. The van der Waals surface area contributed by atoms with Gasteiger partial charge in [0.2, 0.25) is 0 Å². The lowest BCUT2D eigenvalue weighted by Gasteiger charge is -2.07. The van der Waals surface area contributed by atoms with Gasteiger partial charge < -0.3 is 15.2 Å². The van der Waals surface area contributed by atoms with Crippen molar-refractivity contribution in [3.8, 4) is 6.07 Å². The Labute approximate surface area is 147 Å². The molecule has 0 amide bonds. The van der Waals surface area contributed by atoms with Gasteiger partial charge in [0, 0.05) is 10.6 Å². The van der Waals surface area contributed by atoms with Gasteiger partial charge in [-0.05, 0) is 31.2 Å². The average Bonchev–Trinajstić information content (AvgIpc) is 2.89. The average molecular weight is 365 g/mol. The van der Waals surface area contributed by atoms with Gasteiger partial charge in [0.25, 0.3) is 0 Å². The van der Waals surface area contributed by atoms with Crippen LogP contribution >= 0.6 is 22.9 Å². The van der Waals surface area contributed by atoms with E-state index in [-0.39, 0.29) is 34.2 Å². The lowest BCUT2D eigenvalue weighted by atomic mass is 10.1. The molecule has 0 aliphatic heterocycles. The van der Waals surface area contributed by atoms with Crippen LogP contribution in [0.25, 0.3) is 0 Å². The second kappa shape index (κ2) is 7.81. The number of nitrogens with two attached hydrogens (primary N) is 1. The molecule has 2 N–H and O–H groups in total. The van der Waals surface area contributed by atoms with Crippen LogP contribution in [0.3, 0.4) is 0 Å². The predicted octanol–water partition coefficient (Wildman–Crippen LogP) is 3.39. The van der Waals surface area contributed by atoms with Crippen molar-refractivity contribution in [2.75, 3.05) is 12.3 Å². The van der Waals surface area contributed by atoms with Gasteiger partial charge in [-0.2, -0.15) is 5.26 Å². The maximum atomic E-state index is 12.1. The second-order valence-corrected chi connectivity index (χ2v) is 6.05. The molecule has 2 aromatic rings. The molecule has 1 aromatic carbocycles. The third-order valence-electron chi connectivity index (χ3n) is 3.03. The number of ether oxygens (including phenoxy) is 2. The van der Waals surface area contributed by atoms with E-state index in [0.717, 1.165) is 11.3 Å². The fourth-order valence-corrected chi connectivity index (χ4v) is 2.96. The van der Waals surface area contributed by atoms with Crippen LogP contribution in [0.4, 0.5) is 5.00 Å². The Kier molecular flexibility index (Phi) is 5.79. The van der Waals surface area contributed by atoms with Gasteiger partial charge in [-0.1, -0.05) is 11.6 Å². The monoisotopic (exact) mass is 364 g/mol. The summed E-state index contributed by atoms with van der Waals surface area (Å²) in [6, 6.07) is 8.08. The van der Waals surface area contributed by atoms with Crippen molar-refractivity contribution in [1.82, 2.24) is 0 Å². The van der Waals surface area contributed by atoms with Gasteiger partial charge in [0.1, 0.15) is 22.6 Å². The number of carbonyl (C=O) groups excluding carboxylic acids is 2. The Balaban J connectivity index is 2.22. The number of hydrogen-bond acceptors (Lipinski definition) is 7. The van der Waals surface area contributed by atoms with Gasteiger partial charge in [-0.15, -0.1) is 11.3 Å². The molecule has 6 nitrogen and oxygen atoms in total. The van der Waals surface area contributed by atoms with Crippen molar-refractivity contribution in [3.05, 3.63) is 50.9 Å². The Morgan fingerprint density at radius 1 is 1.25 bits per heavy atom. The highest BCUT2D eigenvalue weighted by Crippen LogP contribution is 2.32. The summed E-state index contributed by atoms with van der Waals surface area (Å²) < 4.78 is 10.1. The standard InChI is InChI=1S/C16H13ClN2O4S/c1-2-22-16(21)13-12(11(7-18)14(19)24-13)8-23-15(20)9-3-5-10(17)6-4-9/h3-6H,2,8,19H2,1H3. The lowest BCUT2D eigenvalue weighted by molar-refractivity contribution is 0.0452. The molecule has 0 spiro atoms. The second-order valence-electron chi connectivity index (χ2n) is 4.56. The quantitative estimate of drug-likeness (QED) is 0.816. The molecule has 124 valence electrons. The maximum absolute atomic E-state index is 12.1. The minimum atomic E-state index is -0.603. The molecule has 0 fully saturated rings. The summed E-state index contributed by atoms with van der Waals surface area (Å²) in [4.78, 5) is 24.2. The summed E-state index contributed by atoms with van der Waals surface area (Å²) in [6.07, 6.45) is 0. The first-order chi connectivity index (χ1) is 11.5. The number of esters is 2. The van der Waals surface area contributed by atoms with Crippen LogP contribution in [0.2, 0.25) is 5.02 Å². The Morgan fingerprint density at radius 2 is 1.92 bits per heavy atom. The number of benzene rings is 1. The summed E-state index contributed by atoms with van der Waals surface area (Å²) in [6.45, 7) is 1.59. The molecule has 1 heterocycles. The summed E-state index contributed by atoms with van der Waals surface area (Å²) in [5.74, 6) is -1.21. The minimum absolute atomic E-state index is 0.118. The van der Waals surface area contributed by atoms with Crippen LogP contribution in [-0.2, 0) is 16.1 Å². The summed E-state index contributed by atoms with van der Waals surface area (Å²) in [5.41, 5.74) is 6.43. The smallest absolute Gasteiger partial charge is 0.348 e. The van der Waals surface area contributed by atoms with Crippen molar-refractivity contribution in [3.63, 3.8) is 0 Å². The van der Waals surface area contributed by atoms with Crippen LogP contribution in [0, 0.1) is 11.3 Å². The van der Waals surface area contributed by atoms with Crippen LogP contribution in [0.5, 0.6) is 0 Å². The molecule has 0 bridgehead atoms. The van der Waals surface area contributed by atoms with E-state index in [1.54, 1.807) is 19.1 Å². The zero-order valence-corrected chi connectivity index (χ0v) is 14.2. The van der Waals surface area contributed by atoms with E-state index in [2.05, 4.69) is 0 Å². The predicted molar refractivity (Wildman–Crippen MR) is 90.0 cm³/mol. The topological polar surface area (TPSA) is 102 Å². The van der Waals surface area contributed by atoms with Crippen LogP contribution in [-0.4, -0.2) is 18.5 Å². The van der Waals surface area contributed by atoms with Crippen LogP contribution in [0.15, 0.2) is 24.3 Å². The molecule has 0 radical (unpaired) electrons. The molecule has 0 atom stereocenters. The van der Waals surface area contributed by atoms with E-state index in [1.807, 2.05) is 6.07 Å². The van der Waals surface area contributed by atoms with Gasteiger partial charge in [0.15, 0.2) is 0 Å². The normalized spacial score (nSPS) is 10.0. The van der Waals surface area contributed by atoms with Crippen molar-refractivity contribution < 1.29 is 19.1 Å². The number of carbonyl (C=O) groups is 2. The van der Waals surface area contributed by atoms with Gasteiger partial charge in [0.05, 0.1) is 17.7 Å². The van der Waals surface area contributed by atoms with E-state index in [0.29, 0.717) is 10.6 Å². The molecular weight excluding hydrogens is 352 g/mol. The summed E-state index contributed by atoms with van der Waals surface area (Å²) >= 11 is 6.70. The van der Waals surface area contributed by atoms with Crippen LogP contribution < -0.4 is 5.73 Å². The van der Waals surface area contributed by atoms with Gasteiger partial charge >= 0.3 is 11.9 Å². The highest BCUT2D eigenvalue weighted by atomic mass is 35.5. The molecule has 0 saturated carbocycles. The maximum Gasteiger partial charge on any atom is 0.348 e. The number of nitrogens with zero attached hydrogens (tertiary/aromatic N) is 1. The van der Waals surface area contributed by atoms with E-state index in [4.69, 9.17) is 26.8 Å². The number of hydrogen-bond donors (Lipinski definition) is 1. The lowest BCUT2D eigenvalue weighted by Crippen LogP contribution is -2.10. The fraction of sp³-hybridized carbons (Fsp3) is 0.188. The Bertz CT molecular complexity index is 809. The van der Waals surface area contributed by atoms with Crippen LogP contribution in [0.1, 0.15) is 38.1 Å². The van der Waals surface area contributed by atoms with E-state index >= 15 is 0 Å². The molecule has 24 heavy (non-hydrogen) atoms. The summed E-state index contributed by atoms with van der Waals surface area (Å²) in [7, 11) is 0. The number of anilines is 1. The molecule has 8 heteroatoms. The van der Waals surface area contributed by atoms with Crippen molar-refractivity contribution in [1.29, 1.82) is 5.26 Å². The number of rotatable bonds is 5. The third-order valence-corrected chi connectivity index (χ3v) is 4.33. The highest BCUT2D eigenvalue weighted by molar-refractivity contribution is 7.18. The minimum Gasteiger partial charge on any atom is -0.462 e. The Morgan fingerprint density at radius 3 is 2.50 bits per heavy atom. The zero-order chi connectivity index (χ0) is 17.7. The Hall–Kier alpha value is -2.56. The number of nitriles is 1. The van der Waals surface area contributed by atoms with E-state index < -0.39 is 11.9 Å². The fourth-order valence-electron chi connectivity index (χ4n) is 1.91. The number of thiophene rings is 1. The molecule has 2 rings (SSSR count). The first-order valence-corrected chi connectivity index (χ1v) is 8.08. The van der Waals surface area contributed by atoms with Gasteiger partial charge in [-0.25, -0.2) is 9.59 Å². The molecule has 0 aliphatic carbocycles. The first-order valence-electron chi connectivity index (χ1n) is 6.89. The SMILES string of the molecule is CCOC(=O)c1sc(N)c(C#N)c1COC(=O)c1ccc(Cl)cc1. The molecular formula is C16H13ClN2O4S. The third kappa shape index (κ3) is 3.85. The van der Waals surface area contributed by atoms with Crippen molar-refractivity contribution in [2.24, 2.45) is 0 Å². The molecule has 1 aromatic heterocycles. The summed E-state index contributed by atoms with van der Waals surface area (Å²) in [5, 5.41) is 9.88. The van der Waals surface area contributed by atoms with Gasteiger partial charge in [-0.3, -0.25) is 0 Å². The van der Waals surface area contributed by atoms with E-state index in [9.17, 15) is 14.9 Å².